The number of aromatic carboxylic acids is 1. The van der Waals surface area contributed by atoms with Gasteiger partial charge >= 0.3 is 5.97 Å². The molecule has 0 radical (unpaired) electrons. The van der Waals surface area contributed by atoms with E-state index in [1.807, 2.05) is 0 Å². The van der Waals surface area contributed by atoms with E-state index in [1.165, 1.54) is 12.3 Å². The highest BCUT2D eigenvalue weighted by Crippen LogP contribution is 2.10. The van der Waals surface area contributed by atoms with E-state index in [0.29, 0.717) is 24.4 Å². The molecule has 1 aromatic rings. The molecule has 0 aromatic carbocycles. The fraction of sp³-hybridized carbons (Fsp3) is 0.643. The monoisotopic (exact) mass is 268 g/mol. The van der Waals surface area contributed by atoms with Crippen LogP contribution in [0.15, 0.2) is 16.7 Å². The summed E-state index contributed by atoms with van der Waals surface area (Å²) in [7, 11) is 0. The molecule has 5 heteroatoms. The third-order valence-electron chi connectivity index (χ3n) is 3.13. The Kier molecular flexibility index (Phi) is 6.05. The zero-order valence-corrected chi connectivity index (χ0v) is 12.1. The lowest BCUT2D eigenvalue weighted by Crippen LogP contribution is -2.41. The smallest absolute Gasteiger partial charge is 0.339 e. The fourth-order valence-corrected chi connectivity index (χ4v) is 2.19. The Hall–Kier alpha value is -1.33. The van der Waals surface area contributed by atoms with Crippen molar-refractivity contribution in [2.24, 2.45) is 0 Å². The van der Waals surface area contributed by atoms with Crippen molar-refractivity contribution in [2.45, 2.75) is 46.3 Å². The summed E-state index contributed by atoms with van der Waals surface area (Å²) >= 11 is 0. The molecule has 1 rings (SSSR count). The summed E-state index contributed by atoms with van der Waals surface area (Å²) in [6, 6.07) is 2.48. The summed E-state index contributed by atoms with van der Waals surface area (Å²) in [5.74, 6) is -0.468. The fourth-order valence-electron chi connectivity index (χ4n) is 2.19. The lowest BCUT2D eigenvalue weighted by molar-refractivity contribution is 0.0694. The van der Waals surface area contributed by atoms with Crippen molar-refractivity contribution < 1.29 is 14.3 Å². The average molecular weight is 268 g/mol. The lowest BCUT2D eigenvalue weighted by Gasteiger charge is -2.30. The molecule has 19 heavy (non-hydrogen) atoms. The minimum atomic E-state index is -0.948. The van der Waals surface area contributed by atoms with E-state index in [1.54, 1.807) is 0 Å². The van der Waals surface area contributed by atoms with E-state index < -0.39 is 5.97 Å². The van der Waals surface area contributed by atoms with Crippen LogP contribution in [0.5, 0.6) is 0 Å². The maximum atomic E-state index is 10.9. The quantitative estimate of drug-likeness (QED) is 0.707. The highest BCUT2D eigenvalue weighted by atomic mass is 16.4. The minimum Gasteiger partial charge on any atom is -0.478 e. The number of nitrogens with zero attached hydrogens (tertiary/aromatic N) is 1. The van der Waals surface area contributed by atoms with E-state index in [0.717, 1.165) is 13.1 Å². The van der Waals surface area contributed by atoms with Gasteiger partial charge in [-0.2, -0.15) is 0 Å². The van der Waals surface area contributed by atoms with Crippen LogP contribution in [0.1, 0.15) is 43.8 Å². The highest BCUT2D eigenvalue weighted by molar-refractivity contribution is 5.88. The maximum Gasteiger partial charge on any atom is 0.339 e. The second kappa shape index (κ2) is 7.31. The van der Waals surface area contributed by atoms with Crippen LogP contribution in [0.4, 0.5) is 0 Å². The Morgan fingerprint density at radius 1 is 1.37 bits per heavy atom. The first-order chi connectivity index (χ1) is 8.93. The van der Waals surface area contributed by atoms with Gasteiger partial charge in [-0.1, -0.05) is 0 Å². The third-order valence-corrected chi connectivity index (χ3v) is 3.13. The molecule has 0 saturated carbocycles. The Morgan fingerprint density at radius 2 is 2.00 bits per heavy atom. The van der Waals surface area contributed by atoms with E-state index >= 15 is 0 Å². The summed E-state index contributed by atoms with van der Waals surface area (Å²) in [6.07, 6.45) is 1.41. The zero-order chi connectivity index (χ0) is 14.4. The number of hydrogen-bond donors (Lipinski definition) is 2. The SMILES string of the molecule is CC(C)N(CCNCc1occc1C(=O)O)C(C)C. The molecule has 0 bridgehead atoms. The number of nitrogens with one attached hydrogen (secondary N) is 1. The van der Waals surface area contributed by atoms with Gasteiger partial charge in [-0.05, 0) is 33.8 Å². The van der Waals surface area contributed by atoms with Crippen molar-refractivity contribution >= 4 is 5.97 Å². The van der Waals surface area contributed by atoms with Crippen LogP contribution in [0, 0.1) is 0 Å². The number of carbonyl (C=O) groups is 1. The average Bonchev–Trinajstić information content (AvgIpc) is 2.75. The first-order valence-corrected chi connectivity index (χ1v) is 6.69. The Balaban J connectivity index is 2.38. The highest BCUT2D eigenvalue weighted by Gasteiger charge is 2.14. The van der Waals surface area contributed by atoms with E-state index in [9.17, 15) is 4.79 Å². The maximum absolute atomic E-state index is 10.9. The van der Waals surface area contributed by atoms with Gasteiger partial charge in [-0.25, -0.2) is 4.79 Å². The lowest BCUT2D eigenvalue weighted by atomic mass is 10.2. The minimum absolute atomic E-state index is 0.233. The number of carboxylic acids is 1. The second-order valence-corrected chi connectivity index (χ2v) is 5.16. The van der Waals surface area contributed by atoms with Gasteiger partial charge in [0.2, 0.25) is 0 Å². The first kappa shape index (κ1) is 15.7. The van der Waals surface area contributed by atoms with Gasteiger partial charge in [0.15, 0.2) is 0 Å². The molecule has 2 N–H and O–H groups in total. The molecule has 0 aliphatic carbocycles. The summed E-state index contributed by atoms with van der Waals surface area (Å²) < 4.78 is 5.17. The van der Waals surface area contributed by atoms with Crippen molar-refractivity contribution in [3.8, 4) is 0 Å². The molecule has 0 spiro atoms. The largest absolute Gasteiger partial charge is 0.478 e. The van der Waals surface area contributed by atoms with Crippen LogP contribution in [-0.4, -0.2) is 41.1 Å². The summed E-state index contributed by atoms with van der Waals surface area (Å²) in [4.78, 5) is 13.3. The molecule has 0 atom stereocenters. The molecule has 0 aliphatic rings. The number of rotatable bonds is 8. The van der Waals surface area contributed by atoms with Gasteiger partial charge < -0.3 is 14.8 Å². The number of furan rings is 1. The molecule has 5 nitrogen and oxygen atoms in total. The van der Waals surface area contributed by atoms with Crippen molar-refractivity contribution in [1.29, 1.82) is 0 Å². The van der Waals surface area contributed by atoms with Crippen LogP contribution in [0.25, 0.3) is 0 Å². The van der Waals surface area contributed by atoms with Crippen LogP contribution in [-0.2, 0) is 6.54 Å². The zero-order valence-electron chi connectivity index (χ0n) is 12.1. The van der Waals surface area contributed by atoms with Crippen molar-refractivity contribution in [3.63, 3.8) is 0 Å². The molecule has 0 fully saturated rings. The van der Waals surface area contributed by atoms with Crippen molar-refractivity contribution in [1.82, 2.24) is 10.2 Å². The topological polar surface area (TPSA) is 65.7 Å². The molecule has 0 aliphatic heterocycles. The second-order valence-electron chi connectivity index (χ2n) is 5.16. The van der Waals surface area contributed by atoms with Crippen LogP contribution >= 0.6 is 0 Å². The Morgan fingerprint density at radius 3 is 2.53 bits per heavy atom. The molecule has 0 saturated heterocycles. The van der Waals surface area contributed by atoms with Gasteiger partial charge in [0.05, 0.1) is 12.8 Å². The molecular weight excluding hydrogens is 244 g/mol. The molecular formula is C14H24N2O3. The van der Waals surface area contributed by atoms with Gasteiger partial charge in [0.25, 0.3) is 0 Å². The molecule has 1 heterocycles. The first-order valence-electron chi connectivity index (χ1n) is 6.69. The standard InChI is InChI=1S/C14H24N2O3/c1-10(2)16(11(3)4)7-6-15-9-13-12(14(17)18)5-8-19-13/h5,8,10-11,15H,6-7,9H2,1-4H3,(H,17,18). The predicted octanol–water partition coefficient (Wildman–Crippen LogP) is 2.19. The summed E-state index contributed by atoms with van der Waals surface area (Å²) in [5, 5.41) is 12.2. The van der Waals surface area contributed by atoms with Crippen LogP contribution in [0.3, 0.4) is 0 Å². The van der Waals surface area contributed by atoms with Crippen LogP contribution < -0.4 is 5.32 Å². The van der Waals surface area contributed by atoms with E-state index in [-0.39, 0.29) is 5.56 Å². The number of carboxylic acid groups (broad SMARTS) is 1. The van der Waals surface area contributed by atoms with Gasteiger partial charge in [0.1, 0.15) is 11.3 Å². The Bertz CT molecular complexity index is 391. The van der Waals surface area contributed by atoms with Gasteiger partial charge in [0, 0.05) is 25.2 Å². The van der Waals surface area contributed by atoms with E-state index in [2.05, 4.69) is 37.9 Å². The molecule has 0 amide bonds. The van der Waals surface area contributed by atoms with Gasteiger partial charge in [-0.15, -0.1) is 0 Å². The summed E-state index contributed by atoms with van der Waals surface area (Å²) in [6.45, 7) is 10.9. The van der Waals surface area contributed by atoms with Gasteiger partial charge in [-0.3, -0.25) is 4.90 Å². The molecule has 108 valence electrons. The molecule has 0 unspecified atom stereocenters. The molecule has 1 aromatic heterocycles. The predicted molar refractivity (Wildman–Crippen MR) is 74.4 cm³/mol. The van der Waals surface area contributed by atoms with Crippen molar-refractivity contribution in [2.75, 3.05) is 13.1 Å². The van der Waals surface area contributed by atoms with E-state index in [4.69, 9.17) is 9.52 Å². The third kappa shape index (κ3) is 4.69. The normalized spacial score (nSPS) is 11.7. The Labute approximate surface area is 114 Å². The summed E-state index contributed by atoms with van der Waals surface area (Å²) in [5.41, 5.74) is 0.233. The van der Waals surface area contributed by atoms with Crippen molar-refractivity contribution in [3.05, 3.63) is 23.7 Å². The number of hydrogen-bond acceptors (Lipinski definition) is 4. The van der Waals surface area contributed by atoms with Crippen LogP contribution in [0.2, 0.25) is 0 Å².